The van der Waals surface area contributed by atoms with E-state index in [-0.39, 0.29) is 5.97 Å². The lowest BCUT2D eigenvalue weighted by atomic mass is 10.1. The number of pyridine rings is 1. The summed E-state index contributed by atoms with van der Waals surface area (Å²) in [6, 6.07) is 3.13. The van der Waals surface area contributed by atoms with Gasteiger partial charge in [-0.15, -0.1) is 0 Å². The molecule has 0 unspecified atom stereocenters. The Bertz CT molecular complexity index is 407. The third-order valence-electron chi connectivity index (χ3n) is 2.57. The second-order valence-electron chi connectivity index (χ2n) is 3.88. The van der Waals surface area contributed by atoms with Crippen LogP contribution in [0.2, 0.25) is 0 Å². The third kappa shape index (κ3) is 2.59. The zero-order valence-corrected chi connectivity index (χ0v) is 8.93. The van der Waals surface area contributed by atoms with Crippen LogP contribution in [-0.4, -0.2) is 17.6 Å². The van der Waals surface area contributed by atoms with Gasteiger partial charge in [-0.05, 0) is 30.9 Å². The summed E-state index contributed by atoms with van der Waals surface area (Å²) in [5.41, 5.74) is 5.94. The maximum absolute atomic E-state index is 11.6. The van der Waals surface area contributed by atoms with E-state index in [4.69, 9.17) is 10.5 Å². The van der Waals surface area contributed by atoms with E-state index in [0.29, 0.717) is 23.9 Å². The van der Waals surface area contributed by atoms with Crippen LogP contribution in [0.1, 0.15) is 23.2 Å². The number of hydrogen-bond acceptors (Lipinski definition) is 4. The van der Waals surface area contributed by atoms with E-state index in [9.17, 15) is 4.79 Å². The fourth-order valence-corrected chi connectivity index (χ4v) is 1.66. The van der Waals surface area contributed by atoms with Crippen molar-refractivity contribution in [1.82, 2.24) is 4.98 Å². The van der Waals surface area contributed by atoms with E-state index in [1.807, 2.05) is 0 Å². The lowest BCUT2D eigenvalue weighted by Crippen LogP contribution is -2.12. The second kappa shape index (κ2) is 4.79. The summed E-state index contributed by atoms with van der Waals surface area (Å²) in [7, 11) is 0. The molecule has 16 heavy (non-hydrogen) atoms. The molecule has 0 atom stereocenters. The number of nitrogen functional groups attached to an aromatic ring is 1. The summed E-state index contributed by atoms with van der Waals surface area (Å²) in [4.78, 5) is 15.4. The molecule has 2 N–H and O–H groups in total. The fraction of sp³-hybridized carbons (Fsp3) is 0.333. The molecule has 1 aromatic heterocycles. The SMILES string of the molecule is Nc1cc(C(=O)OCC2CC=CC2)ccn1. The van der Waals surface area contributed by atoms with Crippen molar-refractivity contribution in [2.75, 3.05) is 12.3 Å². The van der Waals surface area contributed by atoms with Crippen LogP contribution in [0.5, 0.6) is 0 Å². The van der Waals surface area contributed by atoms with Crippen molar-refractivity contribution in [1.29, 1.82) is 0 Å². The number of aromatic nitrogens is 1. The Hall–Kier alpha value is -1.84. The van der Waals surface area contributed by atoms with Gasteiger partial charge in [0.15, 0.2) is 0 Å². The molecule has 0 saturated heterocycles. The van der Waals surface area contributed by atoms with E-state index in [1.54, 1.807) is 6.07 Å². The highest BCUT2D eigenvalue weighted by Crippen LogP contribution is 2.18. The molecule has 1 aliphatic carbocycles. The van der Waals surface area contributed by atoms with Gasteiger partial charge in [-0.25, -0.2) is 9.78 Å². The quantitative estimate of drug-likeness (QED) is 0.620. The lowest BCUT2D eigenvalue weighted by Gasteiger charge is -2.10. The van der Waals surface area contributed by atoms with Gasteiger partial charge in [0.1, 0.15) is 5.82 Å². The summed E-state index contributed by atoms with van der Waals surface area (Å²) in [5, 5.41) is 0. The first-order valence-corrected chi connectivity index (χ1v) is 5.29. The van der Waals surface area contributed by atoms with Crippen LogP contribution in [0.3, 0.4) is 0 Å². The van der Waals surface area contributed by atoms with Gasteiger partial charge in [0.05, 0.1) is 12.2 Å². The number of anilines is 1. The maximum Gasteiger partial charge on any atom is 0.338 e. The van der Waals surface area contributed by atoms with Gasteiger partial charge in [-0.1, -0.05) is 12.2 Å². The molecule has 0 saturated carbocycles. The summed E-state index contributed by atoms with van der Waals surface area (Å²) in [6.07, 6.45) is 7.71. The molecule has 0 fully saturated rings. The number of allylic oxidation sites excluding steroid dienone is 2. The van der Waals surface area contributed by atoms with E-state index in [2.05, 4.69) is 17.1 Å². The molecular weight excluding hydrogens is 204 g/mol. The number of nitrogens with zero attached hydrogens (tertiary/aromatic N) is 1. The largest absolute Gasteiger partial charge is 0.462 e. The van der Waals surface area contributed by atoms with Crippen LogP contribution in [0, 0.1) is 5.92 Å². The van der Waals surface area contributed by atoms with Gasteiger partial charge < -0.3 is 10.5 Å². The van der Waals surface area contributed by atoms with Gasteiger partial charge in [-0.2, -0.15) is 0 Å². The smallest absolute Gasteiger partial charge is 0.338 e. The minimum atomic E-state index is -0.332. The van der Waals surface area contributed by atoms with Gasteiger partial charge in [-0.3, -0.25) is 0 Å². The van der Waals surface area contributed by atoms with Crippen molar-refractivity contribution >= 4 is 11.8 Å². The molecule has 1 aliphatic rings. The van der Waals surface area contributed by atoms with E-state index in [0.717, 1.165) is 12.8 Å². The van der Waals surface area contributed by atoms with E-state index < -0.39 is 0 Å². The Morgan fingerprint density at radius 2 is 2.25 bits per heavy atom. The summed E-state index contributed by atoms with van der Waals surface area (Å²) >= 11 is 0. The molecule has 0 aliphatic heterocycles. The van der Waals surface area contributed by atoms with Gasteiger partial charge in [0.25, 0.3) is 0 Å². The molecule has 4 heteroatoms. The normalized spacial score (nSPS) is 15.2. The van der Waals surface area contributed by atoms with E-state index >= 15 is 0 Å². The fourth-order valence-electron chi connectivity index (χ4n) is 1.66. The topological polar surface area (TPSA) is 65.2 Å². The highest BCUT2D eigenvalue weighted by atomic mass is 16.5. The molecule has 4 nitrogen and oxygen atoms in total. The number of ether oxygens (including phenoxy) is 1. The summed E-state index contributed by atoms with van der Waals surface area (Å²) in [5.74, 6) is 0.432. The predicted octanol–water partition coefficient (Wildman–Crippen LogP) is 1.79. The van der Waals surface area contributed by atoms with Crippen LogP contribution >= 0.6 is 0 Å². The first kappa shape index (κ1) is 10.7. The van der Waals surface area contributed by atoms with Crippen molar-refractivity contribution in [3.8, 4) is 0 Å². The van der Waals surface area contributed by atoms with Crippen LogP contribution in [-0.2, 0) is 4.74 Å². The van der Waals surface area contributed by atoms with Crippen molar-refractivity contribution in [3.05, 3.63) is 36.0 Å². The van der Waals surface area contributed by atoms with E-state index in [1.165, 1.54) is 12.3 Å². The molecule has 0 bridgehead atoms. The van der Waals surface area contributed by atoms with Crippen LogP contribution in [0.25, 0.3) is 0 Å². The van der Waals surface area contributed by atoms with Crippen molar-refractivity contribution < 1.29 is 9.53 Å². The van der Waals surface area contributed by atoms with Gasteiger partial charge in [0.2, 0.25) is 0 Å². The Kier molecular flexibility index (Phi) is 3.19. The minimum absolute atomic E-state index is 0.331. The van der Waals surface area contributed by atoms with Gasteiger partial charge >= 0.3 is 5.97 Å². The molecule has 0 aromatic carbocycles. The highest BCUT2D eigenvalue weighted by molar-refractivity contribution is 5.89. The monoisotopic (exact) mass is 218 g/mol. The molecule has 0 amide bonds. The Balaban J connectivity index is 1.88. The Morgan fingerprint density at radius 1 is 1.50 bits per heavy atom. The number of rotatable bonds is 3. The van der Waals surface area contributed by atoms with Crippen LogP contribution < -0.4 is 5.73 Å². The first-order chi connectivity index (χ1) is 7.75. The Morgan fingerprint density at radius 3 is 2.94 bits per heavy atom. The van der Waals surface area contributed by atoms with Crippen molar-refractivity contribution in [2.24, 2.45) is 5.92 Å². The third-order valence-corrected chi connectivity index (χ3v) is 2.57. The predicted molar refractivity (Wildman–Crippen MR) is 60.8 cm³/mol. The molecule has 84 valence electrons. The summed E-state index contributed by atoms with van der Waals surface area (Å²) < 4.78 is 5.20. The first-order valence-electron chi connectivity index (χ1n) is 5.29. The lowest BCUT2D eigenvalue weighted by molar-refractivity contribution is 0.0446. The van der Waals surface area contributed by atoms with Gasteiger partial charge in [0, 0.05) is 6.20 Å². The zero-order chi connectivity index (χ0) is 11.4. The molecule has 1 aromatic rings. The summed E-state index contributed by atoms with van der Waals surface area (Å²) in [6.45, 7) is 0.466. The number of hydrogen-bond donors (Lipinski definition) is 1. The van der Waals surface area contributed by atoms with Crippen LogP contribution in [0.15, 0.2) is 30.5 Å². The second-order valence-corrected chi connectivity index (χ2v) is 3.88. The Labute approximate surface area is 94.1 Å². The molecule has 0 radical (unpaired) electrons. The minimum Gasteiger partial charge on any atom is -0.462 e. The van der Waals surface area contributed by atoms with Crippen molar-refractivity contribution in [2.45, 2.75) is 12.8 Å². The molecule has 1 heterocycles. The highest BCUT2D eigenvalue weighted by Gasteiger charge is 2.14. The standard InChI is InChI=1S/C12H14N2O2/c13-11-7-10(5-6-14-11)12(15)16-8-9-3-1-2-4-9/h1-2,5-7,9H,3-4,8H2,(H2,13,14). The molecule has 0 spiro atoms. The average Bonchev–Trinajstić information content (AvgIpc) is 2.78. The van der Waals surface area contributed by atoms with Crippen molar-refractivity contribution in [3.63, 3.8) is 0 Å². The molecule has 2 rings (SSSR count). The molecular formula is C12H14N2O2. The number of carbonyl (C=O) groups excluding carboxylic acids is 1. The zero-order valence-electron chi connectivity index (χ0n) is 8.93. The number of esters is 1. The average molecular weight is 218 g/mol. The number of nitrogens with two attached hydrogens (primary N) is 1. The van der Waals surface area contributed by atoms with Crippen LogP contribution in [0.4, 0.5) is 5.82 Å². The number of carbonyl (C=O) groups is 1. The maximum atomic E-state index is 11.6.